The van der Waals surface area contributed by atoms with Crippen LogP contribution >= 0.6 is 34.2 Å². The molecular weight excluding hydrogens is 425 g/mol. The summed E-state index contributed by atoms with van der Waals surface area (Å²) in [4.78, 5) is 0.182. The van der Waals surface area contributed by atoms with Crippen molar-refractivity contribution in [1.29, 1.82) is 0 Å². The number of sulfonamides is 1. The largest absolute Gasteiger partial charge is 0.496 e. The highest BCUT2D eigenvalue weighted by Crippen LogP contribution is 2.26. The summed E-state index contributed by atoms with van der Waals surface area (Å²) < 4.78 is 33.2. The molecule has 4 nitrogen and oxygen atoms in total. The van der Waals surface area contributed by atoms with Crippen molar-refractivity contribution in [1.82, 2.24) is 0 Å². The van der Waals surface area contributed by atoms with Crippen LogP contribution in [0.3, 0.4) is 0 Å². The molecule has 21 heavy (non-hydrogen) atoms. The summed E-state index contributed by atoms with van der Waals surface area (Å²) in [6.45, 7) is 1.79. The second-order valence-electron chi connectivity index (χ2n) is 4.36. The Bertz CT molecular complexity index is 778. The Morgan fingerprint density at radius 3 is 2.48 bits per heavy atom. The zero-order valence-electron chi connectivity index (χ0n) is 11.4. The van der Waals surface area contributed by atoms with Crippen LogP contribution in [0, 0.1) is 10.5 Å². The van der Waals surface area contributed by atoms with Crippen molar-refractivity contribution >= 4 is 49.9 Å². The fourth-order valence-corrected chi connectivity index (χ4v) is 4.09. The molecule has 0 aliphatic carbocycles. The maximum absolute atomic E-state index is 12.4. The van der Waals surface area contributed by atoms with Crippen LogP contribution in [0.1, 0.15) is 5.56 Å². The van der Waals surface area contributed by atoms with Crippen molar-refractivity contribution in [3.8, 4) is 5.75 Å². The van der Waals surface area contributed by atoms with E-state index in [0.717, 1.165) is 9.13 Å². The molecule has 0 saturated carbocycles. The molecule has 0 aromatic heterocycles. The van der Waals surface area contributed by atoms with E-state index < -0.39 is 10.0 Å². The van der Waals surface area contributed by atoms with Gasteiger partial charge in [0.15, 0.2) is 0 Å². The molecule has 0 fully saturated rings. The van der Waals surface area contributed by atoms with Crippen molar-refractivity contribution in [2.45, 2.75) is 11.8 Å². The van der Waals surface area contributed by atoms with E-state index in [1.54, 1.807) is 44.4 Å². The molecule has 0 heterocycles. The monoisotopic (exact) mass is 437 g/mol. The number of halogens is 2. The number of methoxy groups -OCH3 is 1. The van der Waals surface area contributed by atoms with Gasteiger partial charge in [-0.15, -0.1) is 0 Å². The van der Waals surface area contributed by atoms with Gasteiger partial charge < -0.3 is 4.74 Å². The van der Waals surface area contributed by atoms with E-state index >= 15 is 0 Å². The fourth-order valence-electron chi connectivity index (χ4n) is 1.76. The topological polar surface area (TPSA) is 55.4 Å². The number of ether oxygens (including phenoxy) is 1. The summed E-state index contributed by atoms with van der Waals surface area (Å²) in [5.74, 6) is 0.636. The number of aryl methyl sites for hydroxylation is 1. The van der Waals surface area contributed by atoms with E-state index in [1.165, 1.54) is 6.07 Å². The maximum Gasteiger partial charge on any atom is 0.261 e. The number of nitrogens with one attached hydrogen (secondary N) is 1. The van der Waals surface area contributed by atoms with E-state index in [2.05, 4.69) is 4.72 Å². The Hall–Kier alpha value is -0.990. The lowest BCUT2D eigenvalue weighted by molar-refractivity contribution is 0.411. The predicted molar refractivity (Wildman–Crippen MR) is 92.7 cm³/mol. The van der Waals surface area contributed by atoms with Gasteiger partial charge in [0.05, 0.1) is 21.3 Å². The van der Waals surface area contributed by atoms with Crippen LogP contribution in [0.4, 0.5) is 5.69 Å². The lowest BCUT2D eigenvalue weighted by atomic mass is 10.2. The van der Waals surface area contributed by atoms with Crippen LogP contribution in [0.15, 0.2) is 41.3 Å². The summed E-state index contributed by atoms with van der Waals surface area (Å²) in [7, 11) is -2.11. The van der Waals surface area contributed by atoms with Crippen molar-refractivity contribution in [2.24, 2.45) is 0 Å². The Balaban J connectivity index is 2.36. The Kier molecular flexibility index (Phi) is 5.00. The third-order valence-corrected chi connectivity index (χ3v) is 5.31. The van der Waals surface area contributed by atoms with Crippen LogP contribution in [0.25, 0.3) is 0 Å². The number of anilines is 1. The minimum absolute atomic E-state index is 0.182. The second-order valence-corrected chi connectivity index (χ2v) is 7.64. The van der Waals surface area contributed by atoms with Crippen LogP contribution in [-0.4, -0.2) is 15.5 Å². The Labute approximate surface area is 142 Å². The molecular formula is C14H13ClINO3S. The molecule has 0 saturated heterocycles. The molecule has 0 amide bonds. The molecule has 0 unspecified atom stereocenters. The molecule has 0 radical (unpaired) electrons. The number of hydrogen-bond donors (Lipinski definition) is 1. The van der Waals surface area contributed by atoms with E-state index in [1.807, 2.05) is 22.6 Å². The summed E-state index contributed by atoms with van der Waals surface area (Å²) in [5, 5.41) is 0.564. The van der Waals surface area contributed by atoms with Crippen LogP contribution < -0.4 is 9.46 Å². The van der Waals surface area contributed by atoms with E-state index in [0.29, 0.717) is 16.5 Å². The molecule has 112 valence electrons. The minimum atomic E-state index is -3.65. The third kappa shape index (κ3) is 3.81. The molecule has 2 aromatic rings. The van der Waals surface area contributed by atoms with Crippen LogP contribution in [0.2, 0.25) is 5.02 Å². The highest BCUT2D eigenvalue weighted by Gasteiger charge is 2.17. The number of hydrogen-bond acceptors (Lipinski definition) is 3. The van der Waals surface area contributed by atoms with Gasteiger partial charge in [0, 0.05) is 5.02 Å². The molecule has 2 aromatic carbocycles. The molecule has 2 rings (SSSR count). The lowest BCUT2D eigenvalue weighted by Crippen LogP contribution is -2.14. The summed E-state index contributed by atoms with van der Waals surface area (Å²) >= 11 is 7.90. The molecule has 0 spiro atoms. The molecule has 7 heteroatoms. The minimum Gasteiger partial charge on any atom is -0.496 e. The van der Waals surface area contributed by atoms with Gasteiger partial charge in [-0.05, 0) is 71.5 Å². The van der Waals surface area contributed by atoms with E-state index in [9.17, 15) is 8.42 Å². The van der Waals surface area contributed by atoms with Gasteiger partial charge in [0.1, 0.15) is 5.75 Å². The van der Waals surface area contributed by atoms with Crippen molar-refractivity contribution < 1.29 is 13.2 Å². The predicted octanol–water partition coefficient (Wildman–Crippen LogP) is 4.06. The van der Waals surface area contributed by atoms with Crippen molar-refractivity contribution in [3.05, 3.63) is 50.6 Å². The molecule has 1 N–H and O–H groups in total. The SMILES string of the molecule is COc1ccc(S(=O)(=O)Nc2ccc(Cl)cc2C)cc1I. The average molecular weight is 438 g/mol. The third-order valence-electron chi connectivity index (χ3n) is 2.87. The number of rotatable bonds is 4. The first kappa shape index (κ1) is 16.4. The van der Waals surface area contributed by atoms with Gasteiger partial charge in [-0.3, -0.25) is 4.72 Å². The summed E-state index contributed by atoms with van der Waals surface area (Å²) in [6, 6.07) is 9.69. The smallest absolute Gasteiger partial charge is 0.261 e. The average Bonchev–Trinajstić information content (AvgIpc) is 2.42. The van der Waals surface area contributed by atoms with Crippen molar-refractivity contribution in [3.63, 3.8) is 0 Å². The summed E-state index contributed by atoms with van der Waals surface area (Å²) in [5.41, 5.74) is 1.26. The summed E-state index contributed by atoms with van der Waals surface area (Å²) in [6.07, 6.45) is 0. The van der Waals surface area contributed by atoms with Crippen LogP contribution in [0.5, 0.6) is 5.75 Å². The standard InChI is InChI=1S/C14H13ClINO3S/c1-9-7-10(15)3-5-13(9)17-21(18,19)11-4-6-14(20-2)12(16)8-11/h3-8,17H,1-2H3. The zero-order chi connectivity index (χ0) is 15.6. The highest BCUT2D eigenvalue weighted by atomic mass is 127. The van der Waals surface area contributed by atoms with Gasteiger partial charge >= 0.3 is 0 Å². The van der Waals surface area contributed by atoms with Crippen LogP contribution in [-0.2, 0) is 10.0 Å². The maximum atomic E-state index is 12.4. The first-order valence-corrected chi connectivity index (χ1v) is 8.90. The Morgan fingerprint density at radius 2 is 1.90 bits per heavy atom. The fraction of sp³-hybridized carbons (Fsp3) is 0.143. The van der Waals surface area contributed by atoms with Gasteiger partial charge in [0.25, 0.3) is 10.0 Å². The lowest BCUT2D eigenvalue weighted by Gasteiger charge is -2.12. The van der Waals surface area contributed by atoms with Gasteiger partial charge in [-0.25, -0.2) is 8.42 Å². The highest BCUT2D eigenvalue weighted by molar-refractivity contribution is 14.1. The quantitative estimate of drug-likeness (QED) is 0.734. The first-order chi connectivity index (χ1) is 9.83. The zero-order valence-corrected chi connectivity index (χ0v) is 15.1. The van der Waals surface area contributed by atoms with Gasteiger partial charge in [-0.2, -0.15) is 0 Å². The number of benzene rings is 2. The normalized spacial score (nSPS) is 11.2. The van der Waals surface area contributed by atoms with Gasteiger partial charge in [-0.1, -0.05) is 11.6 Å². The molecule has 0 aliphatic rings. The van der Waals surface area contributed by atoms with E-state index in [4.69, 9.17) is 16.3 Å². The molecule has 0 aliphatic heterocycles. The Morgan fingerprint density at radius 1 is 1.19 bits per heavy atom. The molecule has 0 bridgehead atoms. The second kappa shape index (κ2) is 6.41. The van der Waals surface area contributed by atoms with Gasteiger partial charge in [0.2, 0.25) is 0 Å². The van der Waals surface area contributed by atoms with Crippen molar-refractivity contribution in [2.75, 3.05) is 11.8 Å². The van der Waals surface area contributed by atoms with E-state index in [-0.39, 0.29) is 4.90 Å². The molecule has 0 atom stereocenters. The first-order valence-electron chi connectivity index (χ1n) is 5.96.